The summed E-state index contributed by atoms with van der Waals surface area (Å²) < 4.78 is 0. The molecule has 0 aromatic rings. The number of likely N-dealkylation sites (tertiary alicyclic amines) is 1. The third-order valence-corrected chi connectivity index (χ3v) is 3.90. The number of likely N-dealkylation sites (N-methyl/N-ethyl adjacent to an activating group) is 1. The molecule has 0 radical (unpaired) electrons. The molecule has 0 unspecified atom stereocenters. The van der Waals surface area contributed by atoms with Crippen LogP contribution in [-0.2, 0) is 9.59 Å². The fourth-order valence-corrected chi connectivity index (χ4v) is 2.44. The van der Waals surface area contributed by atoms with Crippen molar-refractivity contribution in [1.82, 2.24) is 15.5 Å². The summed E-state index contributed by atoms with van der Waals surface area (Å²) in [7, 11) is 1.72. The minimum atomic E-state index is -0.495. The van der Waals surface area contributed by atoms with E-state index in [1.807, 2.05) is 13.0 Å². The van der Waals surface area contributed by atoms with Gasteiger partial charge in [-0.25, -0.2) is 0 Å². The molecular formula is C15H28N4O2. The first-order valence-corrected chi connectivity index (χ1v) is 7.69. The summed E-state index contributed by atoms with van der Waals surface area (Å²) >= 11 is 0. The Hall–Kier alpha value is -1.40. The second kappa shape index (κ2) is 8.79. The molecule has 0 aliphatic carbocycles. The van der Waals surface area contributed by atoms with Crippen LogP contribution in [0.2, 0.25) is 0 Å². The topological polar surface area (TPSA) is 87.5 Å². The molecule has 0 aromatic carbocycles. The fourth-order valence-electron chi connectivity index (χ4n) is 2.44. The summed E-state index contributed by atoms with van der Waals surface area (Å²) in [5.41, 5.74) is 6.59. The van der Waals surface area contributed by atoms with E-state index in [9.17, 15) is 9.59 Å². The van der Waals surface area contributed by atoms with Crippen molar-refractivity contribution in [3.8, 4) is 0 Å². The smallest absolute Gasteiger partial charge is 0.249 e. The number of allylic oxidation sites excluding steroid dienone is 2. The highest BCUT2D eigenvalue weighted by molar-refractivity contribution is 5.90. The maximum atomic E-state index is 12.7. The van der Waals surface area contributed by atoms with Crippen LogP contribution in [0, 0.1) is 0 Å². The first-order chi connectivity index (χ1) is 10.0. The van der Waals surface area contributed by atoms with Crippen molar-refractivity contribution in [1.29, 1.82) is 0 Å². The Morgan fingerprint density at radius 1 is 1.48 bits per heavy atom. The first-order valence-electron chi connectivity index (χ1n) is 7.69. The van der Waals surface area contributed by atoms with Gasteiger partial charge in [-0.2, -0.15) is 0 Å². The molecule has 4 N–H and O–H groups in total. The third-order valence-electron chi connectivity index (χ3n) is 3.90. The van der Waals surface area contributed by atoms with Gasteiger partial charge in [0.1, 0.15) is 6.04 Å². The van der Waals surface area contributed by atoms with Crippen LogP contribution in [0.1, 0.15) is 39.5 Å². The Labute approximate surface area is 127 Å². The lowest BCUT2D eigenvalue weighted by Gasteiger charge is -2.26. The second-order valence-corrected chi connectivity index (χ2v) is 5.38. The summed E-state index contributed by atoms with van der Waals surface area (Å²) in [6, 6.07) is -0.817. The molecule has 6 heteroatoms. The molecule has 1 rings (SSSR count). The number of nitrogens with one attached hydrogen (secondary N) is 2. The van der Waals surface area contributed by atoms with E-state index in [2.05, 4.69) is 10.6 Å². The van der Waals surface area contributed by atoms with Crippen molar-refractivity contribution in [2.24, 2.45) is 5.73 Å². The van der Waals surface area contributed by atoms with E-state index in [4.69, 9.17) is 5.73 Å². The molecule has 21 heavy (non-hydrogen) atoms. The average Bonchev–Trinajstić information content (AvgIpc) is 2.97. The normalized spacial score (nSPS) is 19.6. The minimum Gasteiger partial charge on any atom is -0.343 e. The van der Waals surface area contributed by atoms with Gasteiger partial charge in [0.2, 0.25) is 11.8 Å². The fraction of sp³-hybridized carbons (Fsp3) is 0.733. The molecule has 0 bridgehead atoms. The van der Waals surface area contributed by atoms with Crippen molar-refractivity contribution >= 4 is 11.8 Å². The Bertz CT molecular complexity index is 395. The van der Waals surface area contributed by atoms with Gasteiger partial charge >= 0.3 is 0 Å². The predicted octanol–water partition coefficient (Wildman–Crippen LogP) is 0.344. The molecule has 6 nitrogen and oxygen atoms in total. The highest BCUT2D eigenvalue weighted by Crippen LogP contribution is 2.22. The van der Waals surface area contributed by atoms with Gasteiger partial charge in [0, 0.05) is 12.2 Å². The van der Waals surface area contributed by atoms with Crippen molar-refractivity contribution in [2.45, 2.75) is 51.6 Å². The lowest BCUT2D eigenvalue weighted by molar-refractivity contribution is -0.135. The van der Waals surface area contributed by atoms with Gasteiger partial charge in [-0.1, -0.05) is 6.08 Å². The molecule has 0 saturated carbocycles. The van der Waals surface area contributed by atoms with Crippen LogP contribution >= 0.6 is 0 Å². The Kier molecular flexibility index (Phi) is 7.39. The first kappa shape index (κ1) is 17.7. The number of carbonyl (C=O) groups excluding carboxylic acids is 2. The van der Waals surface area contributed by atoms with E-state index < -0.39 is 6.04 Å². The maximum absolute atomic E-state index is 12.7. The number of nitrogens with two attached hydrogens (primary N) is 1. The van der Waals surface area contributed by atoms with Crippen LogP contribution < -0.4 is 16.4 Å². The van der Waals surface area contributed by atoms with Crippen LogP contribution in [-0.4, -0.2) is 48.9 Å². The summed E-state index contributed by atoms with van der Waals surface area (Å²) in [5, 5.41) is 5.73. The molecule has 0 aromatic heterocycles. The van der Waals surface area contributed by atoms with Crippen LogP contribution in [0.25, 0.3) is 0 Å². The van der Waals surface area contributed by atoms with E-state index >= 15 is 0 Å². The monoisotopic (exact) mass is 296 g/mol. The summed E-state index contributed by atoms with van der Waals surface area (Å²) in [5.74, 6) is -0.181. The zero-order valence-corrected chi connectivity index (χ0v) is 13.3. The molecule has 1 fully saturated rings. The van der Waals surface area contributed by atoms with Gasteiger partial charge < -0.3 is 21.3 Å². The third kappa shape index (κ3) is 4.82. The molecule has 120 valence electrons. The zero-order valence-electron chi connectivity index (χ0n) is 13.3. The van der Waals surface area contributed by atoms with Crippen LogP contribution in [0.5, 0.6) is 0 Å². The van der Waals surface area contributed by atoms with Crippen LogP contribution in [0.3, 0.4) is 0 Å². The maximum Gasteiger partial charge on any atom is 0.249 e. The molecule has 1 saturated heterocycles. The Morgan fingerprint density at radius 2 is 2.19 bits per heavy atom. The quantitative estimate of drug-likeness (QED) is 0.632. The zero-order chi connectivity index (χ0) is 15.8. The summed E-state index contributed by atoms with van der Waals surface area (Å²) in [6.07, 6.45) is 5.17. The van der Waals surface area contributed by atoms with E-state index in [1.165, 1.54) is 0 Å². The number of nitrogens with zero attached hydrogens (tertiary/aromatic N) is 1. The highest BCUT2D eigenvalue weighted by atomic mass is 16.2. The predicted molar refractivity (Wildman–Crippen MR) is 83.4 cm³/mol. The number of carbonyl (C=O) groups is 2. The highest BCUT2D eigenvalue weighted by Gasteiger charge is 2.30. The molecule has 1 aliphatic heterocycles. The molecule has 1 aliphatic rings. The molecule has 0 spiro atoms. The van der Waals surface area contributed by atoms with Crippen molar-refractivity contribution < 1.29 is 9.59 Å². The van der Waals surface area contributed by atoms with Crippen LogP contribution in [0.15, 0.2) is 11.8 Å². The summed E-state index contributed by atoms with van der Waals surface area (Å²) in [4.78, 5) is 26.5. The van der Waals surface area contributed by atoms with Gasteiger partial charge in [0.15, 0.2) is 0 Å². The number of hydrogen-bond acceptors (Lipinski definition) is 4. The lowest BCUT2D eigenvalue weighted by atomic mass is 10.1. The summed E-state index contributed by atoms with van der Waals surface area (Å²) in [6.45, 7) is 4.96. The lowest BCUT2D eigenvalue weighted by Crippen LogP contribution is -2.51. The van der Waals surface area contributed by atoms with Crippen LogP contribution in [0.4, 0.5) is 0 Å². The second-order valence-electron chi connectivity index (χ2n) is 5.38. The number of amides is 2. The molecule has 2 atom stereocenters. The van der Waals surface area contributed by atoms with Crippen molar-refractivity contribution in [3.05, 3.63) is 11.8 Å². The van der Waals surface area contributed by atoms with Gasteiger partial charge in [0.05, 0.1) is 6.04 Å². The standard InChI is InChI=1S/C15H28N4O2/c1-4-12-7-6-10-19(12)15(21)13(8-5-9-16)18-14(20)11(2)17-3/h4,11,13,17H,5-10,16H2,1-3H3,(H,18,20)/b12-4+/t11-,13-/m0/s1. The van der Waals surface area contributed by atoms with E-state index in [0.29, 0.717) is 19.4 Å². The number of rotatable bonds is 7. The largest absolute Gasteiger partial charge is 0.343 e. The van der Waals surface area contributed by atoms with Crippen molar-refractivity contribution in [3.63, 3.8) is 0 Å². The SMILES string of the molecule is C/C=C1\CCCN1C(=O)[C@H](CCCN)NC(=O)[C@H](C)NC. The van der Waals surface area contributed by atoms with Gasteiger partial charge in [-0.3, -0.25) is 9.59 Å². The van der Waals surface area contributed by atoms with Gasteiger partial charge in [-0.05, 0) is 53.1 Å². The Morgan fingerprint density at radius 3 is 2.76 bits per heavy atom. The van der Waals surface area contributed by atoms with E-state index in [0.717, 1.165) is 25.1 Å². The van der Waals surface area contributed by atoms with Crippen molar-refractivity contribution in [2.75, 3.05) is 20.1 Å². The average molecular weight is 296 g/mol. The van der Waals surface area contributed by atoms with E-state index in [-0.39, 0.29) is 17.9 Å². The molecular weight excluding hydrogens is 268 g/mol. The Balaban J connectivity index is 2.76. The van der Waals surface area contributed by atoms with E-state index in [1.54, 1.807) is 18.9 Å². The minimum absolute atomic E-state index is 0.0225. The number of hydrogen-bond donors (Lipinski definition) is 3. The van der Waals surface area contributed by atoms with Gasteiger partial charge in [-0.15, -0.1) is 0 Å². The van der Waals surface area contributed by atoms with Gasteiger partial charge in [0.25, 0.3) is 0 Å². The molecule has 1 heterocycles. The molecule has 2 amide bonds.